The summed E-state index contributed by atoms with van der Waals surface area (Å²) in [6, 6.07) is 10.5. The second-order valence-electron chi connectivity index (χ2n) is 5.30. The number of rotatable bonds is 1. The molecule has 0 bridgehead atoms. The van der Waals surface area contributed by atoms with Crippen molar-refractivity contribution >= 4 is 22.1 Å². The Morgan fingerprint density at radius 3 is 2.67 bits per heavy atom. The molecule has 21 heavy (non-hydrogen) atoms. The average Bonchev–Trinajstić information content (AvgIpc) is 2.87. The van der Waals surface area contributed by atoms with Gasteiger partial charge in [0.25, 0.3) is 0 Å². The summed E-state index contributed by atoms with van der Waals surface area (Å²) in [5, 5.41) is 0. The first kappa shape index (κ1) is 12.0. The minimum atomic E-state index is 0.928. The van der Waals surface area contributed by atoms with E-state index in [0.717, 1.165) is 33.2 Å². The van der Waals surface area contributed by atoms with Crippen LogP contribution in [0.1, 0.15) is 5.56 Å². The third-order valence-corrected chi connectivity index (χ3v) is 3.75. The van der Waals surface area contributed by atoms with Crippen LogP contribution in [0.2, 0.25) is 0 Å². The Labute approximate surface area is 122 Å². The van der Waals surface area contributed by atoms with Crippen molar-refractivity contribution in [3.63, 3.8) is 0 Å². The van der Waals surface area contributed by atoms with Crippen LogP contribution in [-0.4, -0.2) is 19.5 Å². The summed E-state index contributed by atoms with van der Waals surface area (Å²) in [7, 11) is 2.01. The van der Waals surface area contributed by atoms with E-state index in [1.54, 1.807) is 12.4 Å². The molecule has 4 nitrogen and oxygen atoms in total. The van der Waals surface area contributed by atoms with Crippen LogP contribution in [0.3, 0.4) is 0 Å². The molecule has 102 valence electrons. The number of imidazole rings is 1. The lowest BCUT2D eigenvalue weighted by atomic mass is 10.0. The van der Waals surface area contributed by atoms with Gasteiger partial charge < -0.3 is 4.57 Å². The molecule has 4 heteroatoms. The average molecular weight is 274 g/mol. The van der Waals surface area contributed by atoms with Crippen LogP contribution >= 0.6 is 0 Å². The van der Waals surface area contributed by atoms with Crippen LogP contribution in [0.4, 0.5) is 0 Å². The van der Waals surface area contributed by atoms with Gasteiger partial charge in [-0.3, -0.25) is 9.97 Å². The van der Waals surface area contributed by atoms with Gasteiger partial charge in [-0.25, -0.2) is 4.98 Å². The van der Waals surface area contributed by atoms with E-state index < -0.39 is 0 Å². The monoisotopic (exact) mass is 274 g/mol. The van der Waals surface area contributed by atoms with Crippen molar-refractivity contribution in [1.29, 1.82) is 0 Å². The quantitative estimate of drug-likeness (QED) is 0.533. The number of hydrogen-bond acceptors (Lipinski definition) is 3. The fourth-order valence-corrected chi connectivity index (χ4v) is 2.73. The Balaban J connectivity index is 2.05. The first-order valence-electron chi connectivity index (χ1n) is 6.85. The van der Waals surface area contributed by atoms with E-state index in [-0.39, 0.29) is 0 Å². The molecular weight excluding hydrogens is 260 g/mol. The molecule has 4 aromatic rings. The van der Waals surface area contributed by atoms with Gasteiger partial charge in [0.2, 0.25) is 0 Å². The van der Waals surface area contributed by atoms with E-state index in [9.17, 15) is 0 Å². The molecule has 2 aromatic heterocycles. The van der Waals surface area contributed by atoms with Crippen molar-refractivity contribution in [3.05, 3.63) is 54.6 Å². The fraction of sp³-hybridized carbons (Fsp3) is 0.118. The molecule has 0 aliphatic heterocycles. The lowest BCUT2D eigenvalue weighted by Crippen LogP contribution is -1.90. The summed E-state index contributed by atoms with van der Waals surface area (Å²) >= 11 is 0. The predicted octanol–water partition coefficient (Wildman–Crippen LogP) is 3.49. The lowest BCUT2D eigenvalue weighted by Gasteiger charge is -2.08. The van der Waals surface area contributed by atoms with Gasteiger partial charge in [-0.15, -0.1) is 0 Å². The van der Waals surface area contributed by atoms with Gasteiger partial charge in [0.05, 0.1) is 28.4 Å². The van der Waals surface area contributed by atoms with Crippen LogP contribution in [0, 0.1) is 6.92 Å². The van der Waals surface area contributed by atoms with Gasteiger partial charge in [-0.2, -0.15) is 0 Å². The maximum atomic E-state index is 4.50. The number of hydrogen-bond donors (Lipinski definition) is 0. The molecule has 0 N–H and O–H groups in total. The van der Waals surface area contributed by atoms with E-state index in [4.69, 9.17) is 0 Å². The van der Waals surface area contributed by atoms with Gasteiger partial charge >= 0.3 is 0 Å². The van der Waals surface area contributed by atoms with Crippen molar-refractivity contribution in [1.82, 2.24) is 19.5 Å². The summed E-state index contributed by atoms with van der Waals surface area (Å²) in [4.78, 5) is 13.3. The third-order valence-electron chi connectivity index (χ3n) is 3.75. The SMILES string of the molecule is Cc1cc(-c2ccc3ncn(C)c3c2)c2nccnc2c1. The molecule has 2 heterocycles. The maximum absolute atomic E-state index is 4.50. The molecule has 0 unspecified atom stereocenters. The van der Waals surface area contributed by atoms with Crippen molar-refractivity contribution in [3.8, 4) is 11.1 Å². The van der Waals surface area contributed by atoms with E-state index in [1.165, 1.54) is 5.56 Å². The van der Waals surface area contributed by atoms with Gasteiger partial charge in [0.15, 0.2) is 0 Å². The Morgan fingerprint density at radius 1 is 0.905 bits per heavy atom. The second kappa shape index (κ2) is 4.38. The van der Waals surface area contributed by atoms with Gasteiger partial charge in [0, 0.05) is 25.0 Å². The standard InChI is InChI=1S/C17H14N4/c1-11-7-13(17-15(8-11)18-5-6-19-17)12-3-4-14-16(9-12)21(2)10-20-14/h3-10H,1-2H3. The summed E-state index contributed by atoms with van der Waals surface area (Å²) in [6.45, 7) is 2.08. The zero-order valence-corrected chi connectivity index (χ0v) is 11.9. The topological polar surface area (TPSA) is 43.6 Å². The number of fused-ring (bicyclic) bond motifs is 2. The summed E-state index contributed by atoms with van der Waals surface area (Å²) < 4.78 is 2.03. The Morgan fingerprint density at radius 2 is 1.76 bits per heavy atom. The molecular formula is C17H14N4. The summed E-state index contributed by atoms with van der Waals surface area (Å²) in [6.07, 6.45) is 5.31. The Hall–Kier alpha value is -2.75. The molecule has 0 amide bonds. The highest BCUT2D eigenvalue weighted by atomic mass is 15.0. The first-order chi connectivity index (χ1) is 10.2. The van der Waals surface area contributed by atoms with Crippen LogP contribution in [0.15, 0.2) is 49.1 Å². The van der Waals surface area contributed by atoms with E-state index in [2.05, 4.69) is 52.2 Å². The van der Waals surface area contributed by atoms with Gasteiger partial charge in [-0.05, 0) is 42.3 Å². The Kier molecular flexibility index (Phi) is 2.51. The molecule has 0 fully saturated rings. The van der Waals surface area contributed by atoms with Crippen LogP contribution < -0.4 is 0 Å². The van der Waals surface area contributed by atoms with Crippen LogP contribution in [0.5, 0.6) is 0 Å². The van der Waals surface area contributed by atoms with Crippen molar-refractivity contribution in [2.45, 2.75) is 6.92 Å². The molecule has 0 radical (unpaired) electrons. The molecule has 4 rings (SSSR count). The molecule has 0 saturated heterocycles. The first-order valence-corrected chi connectivity index (χ1v) is 6.85. The van der Waals surface area contributed by atoms with Crippen molar-refractivity contribution < 1.29 is 0 Å². The minimum Gasteiger partial charge on any atom is -0.334 e. The highest BCUT2D eigenvalue weighted by Gasteiger charge is 2.09. The summed E-state index contributed by atoms with van der Waals surface area (Å²) in [5.41, 5.74) is 7.42. The van der Waals surface area contributed by atoms with Gasteiger partial charge in [-0.1, -0.05) is 6.07 Å². The lowest BCUT2D eigenvalue weighted by molar-refractivity contribution is 0.948. The minimum absolute atomic E-state index is 0.928. The molecule has 2 aromatic carbocycles. The largest absolute Gasteiger partial charge is 0.334 e. The zero-order valence-electron chi connectivity index (χ0n) is 11.9. The van der Waals surface area contributed by atoms with Crippen molar-refractivity contribution in [2.75, 3.05) is 0 Å². The van der Waals surface area contributed by atoms with E-state index in [0.29, 0.717) is 0 Å². The zero-order chi connectivity index (χ0) is 14.4. The smallest absolute Gasteiger partial charge is 0.0965 e. The second-order valence-corrected chi connectivity index (χ2v) is 5.30. The number of nitrogens with zero attached hydrogens (tertiary/aromatic N) is 4. The highest BCUT2D eigenvalue weighted by Crippen LogP contribution is 2.29. The third kappa shape index (κ3) is 1.88. The number of aryl methyl sites for hydroxylation is 2. The van der Waals surface area contributed by atoms with Crippen molar-refractivity contribution in [2.24, 2.45) is 7.05 Å². The van der Waals surface area contributed by atoms with Gasteiger partial charge in [0.1, 0.15) is 0 Å². The molecule has 0 saturated carbocycles. The van der Waals surface area contributed by atoms with Crippen LogP contribution in [0.25, 0.3) is 33.2 Å². The normalized spacial score (nSPS) is 11.3. The summed E-state index contributed by atoms with van der Waals surface area (Å²) in [5.74, 6) is 0. The Bertz CT molecular complexity index is 969. The molecule has 0 atom stereocenters. The van der Waals surface area contributed by atoms with Crippen LogP contribution in [-0.2, 0) is 7.05 Å². The molecule has 0 spiro atoms. The molecule has 0 aliphatic rings. The number of benzene rings is 2. The fourth-order valence-electron chi connectivity index (χ4n) is 2.73. The van der Waals surface area contributed by atoms with E-state index >= 15 is 0 Å². The highest BCUT2D eigenvalue weighted by molar-refractivity contribution is 5.94. The molecule has 0 aliphatic carbocycles. The number of aromatic nitrogens is 4. The van der Waals surface area contributed by atoms with E-state index in [1.807, 2.05) is 17.9 Å². The maximum Gasteiger partial charge on any atom is 0.0965 e. The predicted molar refractivity (Wildman–Crippen MR) is 84.0 cm³/mol.